The first-order valence-corrected chi connectivity index (χ1v) is 6.35. The molecule has 2 aromatic rings. The van der Waals surface area contributed by atoms with Gasteiger partial charge in [-0.15, -0.1) is 0 Å². The summed E-state index contributed by atoms with van der Waals surface area (Å²) in [5.74, 6) is -2.43. The fourth-order valence-corrected chi connectivity index (χ4v) is 2.12. The Hall–Kier alpha value is -1.04. The van der Waals surface area contributed by atoms with Crippen molar-refractivity contribution in [3.05, 3.63) is 68.4 Å². The molecule has 0 aliphatic rings. The van der Waals surface area contributed by atoms with Gasteiger partial charge in [-0.3, -0.25) is 0 Å². The molecule has 0 aromatic heterocycles. The maximum Gasteiger partial charge on any atom is 0.149 e. The van der Waals surface area contributed by atoms with Gasteiger partial charge >= 0.3 is 0 Å². The van der Waals surface area contributed by atoms with Gasteiger partial charge in [0.05, 0.1) is 5.02 Å². The topological polar surface area (TPSA) is 20.2 Å². The standard InChI is InChI=1S/C13H7BrClF3O/c14-9-3-2-7(12(18)11(9)15)13(19)8-5-6(16)1-4-10(8)17/h1-5,13,19H. The van der Waals surface area contributed by atoms with Crippen LogP contribution in [0.3, 0.4) is 0 Å². The zero-order valence-corrected chi connectivity index (χ0v) is 11.6. The fourth-order valence-electron chi connectivity index (χ4n) is 1.64. The molecule has 0 bridgehead atoms. The van der Waals surface area contributed by atoms with Gasteiger partial charge in [0.2, 0.25) is 0 Å². The third-order valence-electron chi connectivity index (χ3n) is 2.61. The van der Waals surface area contributed by atoms with Gasteiger partial charge in [0.1, 0.15) is 23.6 Å². The average Bonchev–Trinajstić information content (AvgIpc) is 2.38. The molecule has 2 aromatic carbocycles. The number of hydrogen-bond acceptors (Lipinski definition) is 1. The summed E-state index contributed by atoms with van der Waals surface area (Å²) in [6.07, 6.45) is -1.64. The van der Waals surface area contributed by atoms with Crippen LogP contribution in [0, 0.1) is 17.5 Å². The van der Waals surface area contributed by atoms with E-state index in [4.69, 9.17) is 11.6 Å². The predicted molar refractivity (Wildman–Crippen MR) is 69.5 cm³/mol. The van der Waals surface area contributed by atoms with Crippen LogP contribution in [-0.2, 0) is 0 Å². The van der Waals surface area contributed by atoms with Crippen molar-refractivity contribution >= 4 is 27.5 Å². The molecule has 0 saturated carbocycles. The van der Waals surface area contributed by atoms with Crippen molar-refractivity contribution in [2.24, 2.45) is 0 Å². The van der Waals surface area contributed by atoms with Crippen LogP contribution >= 0.6 is 27.5 Å². The molecule has 0 aliphatic heterocycles. The van der Waals surface area contributed by atoms with E-state index in [-0.39, 0.29) is 16.1 Å². The van der Waals surface area contributed by atoms with Crippen LogP contribution in [0.15, 0.2) is 34.8 Å². The Morgan fingerprint density at radius 2 is 1.74 bits per heavy atom. The first-order valence-electron chi connectivity index (χ1n) is 5.18. The van der Waals surface area contributed by atoms with E-state index in [1.165, 1.54) is 12.1 Å². The second-order valence-corrected chi connectivity index (χ2v) is 5.07. The Morgan fingerprint density at radius 3 is 2.42 bits per heavy atom. The van der Waals surface area contributed by atoms with E-state index >= 15 is 0 Å². The molecule has 0 heterocycles. The van der Waals surface area contributed by atoms with Gasteiger partial charge in [-0.25, -0.2) is 13.2 Å². The molecule has 0 radical (unpaired) electrons. The van der Waals surface area contributed by atoms with Gasteiger partial charge in [0, 0.05) is 15.6 Å². The third kappa shape index (κ3) is 2.78. The van der Waals surface area contributed by atoms with Crippen molar-refractivity contribution in [2.45, 2.75) is 6.10 Å². The van der Waals surface area contributed by atoms with E-state index in [1.807, 2.05) is 0 Å². The van der Waals surface area contributed by atoms with Crippen LogP contribution in [0.2, 0.25) is 5.02 Å². The summed E-state index contributed by atoms with van der Waals surface area (Å²) in [6, 6.07) is 5.26. The Morgan fingerprint density at radius 1 is 1.05 bits per heavy atom. The molecule has 1 nitrogen and oxygen atoms in total. The van der Waals surface area contributed by atoms with Crippen LogP contribution in [0.25, 0.3) is 0 Å². The minimum absolute atomic E-state index is 0.224. The van der Waals surface area contributed by atoms with Crippen LogP contribution in [0.5, 0.6) is 0 Å². The Bertz CT molecular complexity index is 634. The molecule has 0 amide bonds. The van der Waals surface area contributed by atoms with Crippen molar-refractivity contribution in [3.63, 3.8) is 0 Å². The molecule has 0 fully saturated rings. The normalized spacial score (nSPS) is 12.5. The summed E-state index contributed by atoms with van der Waals surface area (Å²) in [5.41, 5.74) is -0.574. The molecule has 19 heavy (non-hydrogen) atoms. The lowest BCUT2D eigenvalue weighted by molar-refractivity contribution is 0.209. The number of hydrogen-bond donors (Lipinski definition) is 1. The van der Waals surface area contributed by atoms with Gasteiger partial charge in [0.25, 0.3) is 0 Å². The zero-order chi connectivity index (χ0) is 14.2. The Kier molecular flexibility index (Phi) is 4.18. The van der Waals surface area contributed by atoms with E-state index in [2.05, 4.69) is 15.9 Å². The van der Waals surface area contributed by atoms with Crippen molar-refractivity contribution in [1.29, 1.82) is 0 Å². The molecule has 1 N–H and O–H groups in total. The van der Waals surface area contributed by atoms with Gasteiger partial charge in [-0.2, -0.15) is 0 Å². The molecule has 0 aliphatic carbocycles. The number of halogens is 5. The van der Waals surface area contributed by atoms with Gasteiger partial charge in [-0.1, -0.05) is 17.7 Å². The fraction of sp³-hybridized carbons (Fsp3) is 0.0769. The van der Waals surface area contributed by atoms with Gasteiger partial charge in [-0.05, 0) is 40.2 Å². The second-order valence-electron chi connectivity index (χ2n) is 3.83. The molecule has 6 heteroatoms. The maximum absolute atomic E-state index is 13.9. The predicted octanol–water partition coefficient (Wildman–Crippen LogP) is 4.60. The van der Waals surface area contributed by atoms with Gasteiger partial charge in [0.15, 0.2) is 0 Å². The molecule has 0 spiro atoms. The monoisotopic (exact) mass is 350 g/mol. The third-order valence-corrected chi connectivity index (χ3v) is 3.87. The zero-order valence-electron chi connectivity index (χ0n) is 9.30. The lowest BCUT2D eigenvalue weighted by Crippen LogP contribution is -2.06. The minimum atomic E-state index is -1.64. The Balaban J connectivity index is 2.53. The summed E-state index contributed by atoms with van der Waals surface area (Å²) < 4.78 is 40.8. The maximum atomic E-state index is 13.9. The van der Waals surface area contributed by atoms with Crippen molar-refractivity contribution in [3.8, 4) is 0 Å². The first-order chi connectivity index (χ1) is 8.91. The molecule has 2 rings (SSSR count). The summed E-state index contributed by atoms with van der Waals surface area (Å²) in [7, 11) is 0. The molecular formula is C13H7BrClF3O. The number of aliphatic hydroxyl groups excluding tert-OH is 1. The highest BCUT2D eigenvalue weighted by atomic mass is 79.9. The summed E-state index contributed by atoms with van der Waals surface area (Å²) in [6.45, 7) is 0. The number of rotatable bonds is 2. The number of aliphatic hydroxyl groups is 1. The van der Waals surface area contributed by atoms with Crippen molar-refractivity contribution in [2.75, 3.05) is 0 Å². The molecule has 1 unspecified atom stereocenters. The molecule has 100 valence electrons. The lowest BCUT2D eigenvalue weighted by Gasteiger charge is -2.14. The van der Waals surface area contributed by atoms with E-state index in [9.17, 15) is 18.3 Å². The first kappa shape index (κ1) is 14.4. The highest BCUT2D eigenvalue weighted by molar-refractivity contribution is 9.10. The van der Waals surface area contributed by atoms with Crippen LogP contribution < -0.4 is 0 Å². The Labute approximate surface area is 120 Å². The van der Waals surface area contributed by atoms with Crippen molar-refractivity contribution < 1.29 is 18.3 Å². The highest BCUT2D eigenvalue weighted by Crippen LogP contribution is 2.33. The van der Waals surface area contributed by atoms with E-state index in [0.717, 1.165) is 18.2 Å². The van der Waals surface area contributed by atoms with Crippen LogP contribution in [-0.4, -0.2) is 5.11 Å². The average molecular weight is 352 g/mol. The number of benzene rings is 2. The quantitative estimate of drug-likeness (QED) is 0.784. The summed E-state index contributed by atoms with van der Waals surface area (Å²) >= 11 is 8.71. The summed E-state index contributed by atoms with van der Waals surface area (Å²) in [5, 5.41) is 9.74. The largest absolute Gasteiger partial charge is 0.383 e. The van der Waals surface area contributed by atoms with E-state index in [1.54, 1.807) is 0 Å². The van der Waals surface area contributed by atoms with Crippen molar-refractivity contribution in [1.82, 2.24) is 0 Å². The summed E-state index contributed by atoms with van der Waals surface area (Å²) in [4.78, 5) is 0. The molecular weight excluding hydrogens is 344 g/mol. The lowest BCUT2D eigenvalue weighted by atomic mass is 10.0. The van der Waals surface area contributed by atoms with Crippen LogP contribution in [0.1, 0.15) is 17.2 Å². The van der Waals surface area contributed by atoms with E-state index in [0.29, 0.717) is 4.47 Å². The highest BCUT2D eigenvalue weighted by Gasteiger charge is 2.21. The van der Waals surface area contributed by atoms with E-state index < -0.39 is 23.6 Å². The minimum Gasteiger partial charge on any atom is -0.383 e. The SMILES string of the molecule is OC(c1cc(F)ccc1F)c1ccc(Br)c(Cl)c1F. The smallest absolute Gasteiger partial charge is 0.149 e. The van der Waals surface area contributed by atoms with Gasteiger partial charge < -0.3 is 5.11 Å². The molecule has 0 saturated heterocycles. The molecule has 1 atom stereocenters. The second kappa shape index (κ2) is 5.53. The van der Waals surface area contributed by atoms with Crippen LogP contribution in [0.4, 0.5) is 13.2 Å².